The molecule has 0 spiro atoms. The predicted molar refractivity (Wildman–Crippen MR) is 105 cm³/mol. The number of carbonyl (C=O) groups excluding carboxylic acids is 2. The molecule has 2 rings (SSSR count). The van der Waals surface area contributed by atoms with Crippen LogP contribution in [0.15, 0.2) is 42.7 Å². The van der Waals surface area contributed by atoms with Gasteiger partial charge in [-0.15, -0.1) is 0 Å². The maximum atomic E-state index is 13.4. The zero-order valence-corrected chi connectivity index (χ0v) is 16.1. The van der Waals surface area contributed by atoms with Gasteiger partial charge in [0.15, 0.2) is 11.6 Å². The van der Waals surface area contributed by atoms with E-state index in [1.807, 2.05) is 0 Å². The number of rotatable bonds is 10. The van der Waals surface area contributed by atoms with Gasteiger partial charge in [-0.2, -0.15) is 0 Å². The second-order valence-electron chi connectivity index (χ2n) is 6.57. The number of hydrogen-bond donors (Lipinski definition) is 4. The molecule has 2 amide bonds. The Morgan fingerprint density at radius 2 is 1.72 bits per heavy atom. The number of nitrogens with one attached hydrogen (secondary N) is 3. The molecule has 2 unspecified atom stereocenters. The van der Waals surface area contributed by atoms with Gasteiger partial charge in [0.05, 0.1) is 6.04 Å². The highest BCUT2D eigenvalue weighted by molar-refractivity contribution is 5.90. The van der Waals surface area contributed by atoms with Crippen LogP contribution in [-0.4, -0.2) is 49.0 Å². The molecule has 9 heteroatoms. The average Bonchev–Trinajstić information content (AvgIpc) is 2.71. The molecule has 0 fully saturated rings. The Hall–Kier alpha value is -2.91. The van der Waals surface area contributed by atoms with Gasteiger partial charge in [-0.3, -0.25) is 14.6 Å². The molecular weight excluding hydrogens is 380 g/mol. The number of nitrogens with two attached hydrogens (primary N) is 1. The number of pyridine rings is 1. The van der Waals surface area contributed by atoms with E-state index >= 15 is 0 Å². The van der Waals surface area contributed by atoms with Crippen LogP contribution < -0.4 is 21.7 Å². The highest BCUT2D eigenvalue weighted by Gasteiger charge is 2.24. The minimum absolute atomic E-state index is 0.00633. The number of likely N-dealkylation sites (N-methyl/N-ethyl adjacent to an activating group) is 1. The minimum atomic E-state index is -1.02. The molecule has 0 radical (unpaired) electrons. The van der Waals surface area contributed by atoms with E-state index in [4.69, 9.17) is 5.73 Å². The van der Waals surface area contributed by atoms with E-state index in [1.165, 1.54) is 6.07 Å². The number of hydrogen-bond acceptors (Lipinski definition) is 5. The fraction of sp³-hybridized carbons (Fsp3) is 0.350. The van der Waals surface area contributed by atoms with Crippen molar-refractivity contribution >= 4 is 11.8 Å². The van der Waals surface area contributed by atoms with E-state index in [0.717, 1.165) is 17.7 Å². The van der Waals surface area contributed by atoms with Crippen molar-refractivity contribution < 1.29 is 18.4 Å². The van der Waals surface area contributed by atoms with Crippen LogP contribution in [0, 0.1) is 11.6 Å². The van der Waals surface area contributed by atoms with Crippen LogP contribution in [0.2, 0.25) is 0 Å². The molecule has 0 aliphatic heterocycles. The summed E-state index contributed by atoms with van der Waals surface area (Å²) in [5, 5.41) is 8.32. The van der Waals surface area contributed by atoms with Crippen molar-refractivity contribution in [1.29, 1.82) is 0 Å². The minimum Gasteiger partial charge on any atom is -0.353 e. The first kappa shape index (κ1) is 22.4. The molecule has 0 saturated carbocycles. The summed E-state index contributed by atoms with van der Waals surface area (Å²) in [7, 11) is 1.76. The Kier molecular flexibility index (Phi) is 8.63. The fourth-order valence-electron chi connectivity index (χ4n) is 2.69. The molecule has 5 N–H and O–H groups in total. The monoisotopic (exact) mass is 405 g/mol. The molecule has 0 aliphatic rings. The van der Waals surface area contributed by atoms with Crippen LogP contribution in [-0.2, 0) is 22.4 Å². The maximum Gasteiger partial charge on any atom is 0.242 e. The number of nitrogens with zero attached hydrogens (tertiary/aromatic N) is 1. The zero-order chi connectivity index (χ0) is 21.2. The van der Waals surface area contributed by atoms with E-state index in [-0.39, 0.29) is 18.7 Å². The van der Waals surface area contributed by atoms with Gasteiger partial charge >= 0.3 is 0 Å². The SMILES string of the molecule is CNCCNC(=O)C(Cc1ccncc1)NC(=O)C(N)Cc1ccc(F)c(F)c1. The summed E-state index contributed by atoms with van der Waals surface area (Å²) in [6.45, 7) is 0.982. The Balaban J connectivity index is 2.03. The summed E-state index contributed by atoms with van der Waals surface area (Å²) in [6.07, 6.45) is 3.47. The van der Waals surface area contributed by atoms with Crippen molar-refractivity contribution in [1.82, 2.24) is 20.9 Å². The summed E-state index contributed by atoms with van der Waals surface area (Å²) in [6, 6.07) is 4.99. The van der Waals surface area contributed by atoms with Crippen LogP contribution >= 0.6 is 0 Å². The Morgan fingerprint density at radius 1 is 1.00 bits per heavy atom. The predicted octanol–water partition coefficient (Wildman–Crippen LogP) is 0.293. The van der Waals surface area contributed by atoms with Crippen LogP contribution in [0.1, 0.15) is 11.1 Å². The van der Waals surface area contributed by atoms with Crippen LogP contribution in [0.25, 0.3) is 0 Å². The molecule has 7 nitrogen and oxygen atoms in total. The second kappa shape index (κ2) is 11.2. The van der Waals surface area contributed by atoms with Gasteiger partial charge in [-0.1, -0.05) is 6.07 Å². The normalized spacial score (nSPS) is 12.8. The summed E-state index contributed by atoms with van der Waals surface area (Å²) in [4.78, 5) is 29.0. The first-order valence-corrected chi connectivity index (χ1v) is 9.21. The van der Waals surface area contributed by atoms with Crippen LogP contribution in [0.4, 0.5) is 8.78 Å². The Morgan fingerprint density at radius 3 is 2.38 bits per heavy atom. The van der Waals surface area contributed by atoms with E-state index in [0.29, 0.717) is 18.7 Å². The van der Waals surface area contributed by atoms with Crippen LogP contribution in [0.5, 0.6) is 0 Å². The maximum absolute atomic E-state index is 13.4. The number of benzene rings is 1. The summed E-state index contributed by atoms with van der Waals surface area (Å²) < 4.78 is 26.4. The number of aromatic nitrogens is 1. The van der Waals surface area contributed by atoms with Gasteiger partial charge < -0.3 is 21.7 Å². The lowest BCUT2D eigenvalue weighted by Crippen LogP contribution is -2.53. The number of halogens is 2. The standard InChI is InChI=1S/C20H25F2N5O2/c1-24-8-9-26-20(29)18(12-13-4-6-25-7-5-13)27-19(28)17(23)11-14-2-3-15(21)16(22)10-14/h2-7,10,17-18,24H,8-9,11-12,23H2,1H3,(H,26,29)(H,27,28). The van der Waals surface area contributed by atoms with Gasteiger partial charge in [0.2, 0.25) is 11.8 Å². The van der Waals surface area contributed by atoms with Gasteiger partial charge in [0, 0.05) is 31.9 Å². The highest BCUT2D eigenvalue weighted by Crippen LogP contribution is 2.10. The molecule has 0 saturated heterocycles. The third-order valence-corrected chi connectivity index (χ3v) is 4.27. The molecule has 1 heterocycles. The van der Waals surface area contributed by atoms with Crippen molar-refractivity contribution in [2.45, 2.75) is 24.9 Å². The smallest absolute Gasteiger partial charge is 0.242 e. The van der Waals surface area contributed by atoms with E-state index in [9.17, 15) is 18.4 Å². The third kappa shape index (κ3) is 7.20. The molecule has 0 aliphatic carbocycles. The van der Waals surface area contributed by atoms with Crippen molar-refractivity contribution in [2.75, 3.05) is 20.1 Å². The fourth-order valence-corrected chi connectivity index (χ4v) is 2.69. The molecule has 2 aromatic rings. The zero-order valence-electron chi connectivity index (χ0n) is 16.1. The topological polar surface area (TPSA) is 109 Å². The van der Waals surface area contributed by atoms with Gasteiger partial charge in [0.1, 0.15) is 6.04 Å². The first-order valence-electron chi connectivity index (χ1n) is 9.21. The Labute approximate surface area is 168 Å². The quantitative estimate of drug-likeness (QED) is 0.425. The summed E-state index contributed by atoms with van der Waals surface area (Å²) in [5.41, 5.74) is 7.13. The average molecular weight is 405 g/mol. The molecule has 2 atom stereocenters. The van der Waals surface area contributed by atoms with Crippen LogP contribution in [0.3, 0.4) is 0 Å². The highest BCUT2D eigenvalue weighted by atomic mass is 19.2. The van der Waals surface area contributed by atoms with Gasteiger partial charge in [-0.25, -0.2) is 8.78 Å². The van der Waals surface area contributed by atoms with E-state index in [1.54, 1.807) is 31.6 Å². The van der Waals surface area contributed by atoms with Crippen molar-refractivity contribution in [3.8, 4) is 0 Å². The molecule has 156 valence electrons. The molecule has 29 heavy (non-hydrogen) atoms. The van der Waals surface area contributed by atoms with Crippen molar-refractivity contribution in [3.63, 3.8) is 0 Å². The molecule has 1 aromatic heterocycles. The van der Waals surface area contributed by atoms with Crippen molar-refractivity contribution in [2.24, 2.45) is 5.73 Å². The van der Waals surface area contributed by atoms with Gasteiger partial charge in [-0.05, 0) is 48.9 Å². The second-order valence-corrected chi connectivity index (χ2v) is 6.57. The van der Waals surface area contributed by atoms with Crippen molar-refractivity contribution in [3.05, 3.63) is 65.5 Å². The third-order valence-electron chi connectivity index (χ3n) is 4.27. The molecular formula is C20H25F2N5O2. The Bertz CT molecular complexity index is 820. The number of amides is 2. The largest absolute Gasteiger partial charge is 0.353 e. The number of carbonyl (C=O) groups is 2. The lowest BCUT2D eigenvalue weighted by molar-refractivity contribution is -0.129. The van der Waals surface area contributed by atoms with E-state index in [2.05, 4.69) is 20.9 Å². The van der Waals surface area contributed by atoms with Gasteiger partial charge in [0.25, 0.3) is 0 Å². The molecule has 1 aromatic carbocycles. The van der Waals surface area contributed by atoms with E-state index < -0.39 is 29.6 Å². The molecule has 0 bridgehead atoms. The lowest BCUT2D eigenvalue weighted by Gasteiger charge is -2.21. The summed E-state index contributed by atoms with van der Waals surface area (Å²) in [5.74, 6) is -2.87. The lowest BCUT2D eigenvalue weighted by atomic mass is 10.0. The summed E-state index contributed by atoms with van der Waals surface area (Å²) >= 11 is 0. The first-order chi connectivity index (χ1) is 13.9.